The van der Waals surface area contributed by atoms with Gasteiger partial charge in [-0.05, 0) is 13.0 Å². The minimum absolute atomic E-state index is 0.735. The van der Waals surface area contributed by atoms with Gasteiger partial charge >= 0.3 is 0 Å². The molecule has 4 heteroatoms. The highest BCUT2D eigenvalue weighted by atomic mass is 79.9. The van der Waals surface area contributed by atoms with Crippen molar-refractivity contribution in [2.45, 2.75) is 6.92 Å². The number of hydrogen-bond acceptors (Lipinski definition) is 2. The fourth-order valence-corrected chi connectivity index (χ4v) is 1.70. The Morgan fingerprint density at radius 3 is 3.09 bits per heavy atom. The molecule has 1 nitrogen and oxygen atoms in total. The standard InChI is InChI=1S/C7H7BrClNS/c1-5(3-8)2-7-10-4-6(9)11-7/h2,4H,3H2,1H3/b5-2-. The molecule has 0 aliphatic carbocycles. The van der Waals surface area contributed by atoms with E-state index in [1.54, 1.807) is 6.20 Å². The molecule has 0 aromatic carbocycles. The zero-order chi connectivity index (χ0) is 8.27. The lowest BCUT2D eigenvalue weighted by Gasteiger charge is -1.88. The zero-order valence-corrected chi connectivity index (χ0v) is 9.13. The van der Waals surface area contributed by atoms with E-state index in [0.29, 0.717) is 0 Å². The van der Waals surface area contributed by atoms with Gasteiger partial charge in [0, 0.05) is 5.33 Å². The second kappa shape index (κ2) is 4.24. The predicted octanol–water partition coefficient (Wildman–Crippen LogP) is 3.59. The van der Waals surface area contributed by atoms with Gasteiger partial charge in [-0.15, -0.1) is 11.3 Å². The number of aromatic nitrogens is 1. The Labute approximate surface area is 83.2 Å². The first kappa shape index (κ1) is 9.23. The summed E-state index contributed by atoms with van der Waals surface area (Å²) in [4.78, 5) is 4.09. The van der Waals surface area contributed by atoms with Crippen LogP contribution in [0.15, 0.2) is 11.8 Å². The SMILES string of the molecule is C/C(=C/c1ncc(Cl)s1)CBr. The number of rotatable bonds is 2. The number of alkyl halides is 1. The maximum absolute atomic E-state index is 5.70. The smallest absolute Gasteiger partial charge is 0.117 e. The van der Waals surface area contributed by atoms with Crippen LogP contribution in [0.25, 0.3) is 6.08 Å². The van der Waals surface area contributed by atoms with Crippen molar-refractivity contribution in [2.75, 3.05) is 5.33 Å². The van der Waals surface area contributed by atoms with Gasteiger partial charge in [0.1, 0.15) is 9.34 Å². The van der Waals surface area contributed by atoms with E-state index in [0.717, 1.165) is 14.7 Å². The fourth-order valence-electron chi connectivity index (χ4n) is 0.583. The Bertz CT molecular complexity index is 269. The van der Waals surface area contributed by atoms with Gasteiger partial charge in [0.2, 0.25) is 0 Å². The maximum atomic E-state index is 5.70. The predicted molar refractivity (Wildman–Crippen MR) is 54.6 cm³/mol. The maximum Gasteiger partial charge on any atom is 0.117 e. The molecule has 0 fully saturated rings. The highest BCUT2D eigenvalue weighted by Gasteiger charge is 1.95. The fraction of sp³-hybridized carbons (Fsp3) is 0.286. The molecule has 1 heterocycles. The van der Waals surface area contributed by atoms with Gasteiger partial charge in [0.15, 0.2) is 0 Å². The van der Waals surface area contributed by atoms with Gasteiger partial charge in [-0.1, -0.05) is 33.1 Å². The van der Waals surface area contributed by atoms with Crippen LogP contribution in [0.3, 0.4) is 0 Å². The summed E-state index contributed by atoms with van der Waals surface area (Å²) in [5.74, 6) is 0. The average Bonchev–Trinajstić information content (AvgIpc) is 2.35. The van der Waals surface area contributed by atoms with Crippen LogP contribution in [-0.4, -0.2) is 10.3 Å². The van der Waals surface area contributed by atoms with Gasteiger partial charge in [0.25, 0.3) is 0 Å². The first-order valence-corrected chi connectivity index (χ1v) is 5.38. The van der Waals surface area contributed by atoms with Crippen molar-refractivity contribution in [1.82, 2.24) is 4.98 Å². The molecular formula is C7H7BrClNS. The van der Waals surface area contributed by atoms with Gasteiger partial charge in [-0.2, -0.15) is 0 Å². The monoisotopic (exact) mass is 251 g/mol. The highest BCUT2D eigenvalue weighted by molar-refractivity contribution is 9.09. The van der Waals surface area contributed by atoms with Crippen LogP contribution in [-0.2, 0) is 0 Å². The van der Waals surface area contributed by atoms with Crippen molar-refractivity contribution in [2.24, 2.45) is 0 Å². The van der Waals surface area contributed by atoms with Crippen molar-refractivity contribution in [1.29, 1.82) is 0 Å². The van der Waals surface area contributed by atoms with Crippen molar-refractivity contribution in [3.63, 3.8) is 0 Å². The van der Waals surface area contributed by atoms with Crippen molar-refractivity contribution >= 4 is 44.9 Å². The molecule has 0 radical (unpaired) electrons. The molecule has 0 aliphatic rings. The molecule has 0 N–H and O–H groups in total. The molecule has 0 unspecified atom stereocenters. The van der Waals surface area contributed by atoms with Crippen molar-refractivity contribution in [3.05, 3.63) is 21.1 Å². The summed E-state index contributed by atoms with van der Waals surface area (Å²) in [6, 6.07) is 0. The second-order valence-electron chi connectivity index (χ2n) is 2.13. The number of halogens is 2. The molecular weight excluding hydrogens is 246 g/mol. The molecule has 1 rings (SSSR count). The Morgan fingerprint density at radius 2 is 2.64 bits per heavy atom. The Morgan fingerprint density at radius 1 is 1.91 bits per heavy atom. The molecule has 0 saturated carbocycles. The first-order valence-electron chi connectivity index (χ1n) is 3.07. The molecule has 0 aliphatic heterocycles. The Hall–Kier alpha value is 0.140. The molecule has 0 atom stereocenters. The minimum atomic E-state index is 0.735. The van der Waals surface area contributed by atoms with E-state index in [2.05, 4.69) is 20.9 Å². The van der Waals surface area contributed by atoms with Gasteiger partial charge in [-0.3, -0.25) is 0 Å². The number of thiazole rings is 1. The summed E-state index contributed by atoms with van der Waals surface area (Å²) in [7, 11) is 0. The first-order chi connectivity index (χ1) is 5.22. The summed E-state index contributed by atoms with van der Waals surface area (Å²) in [5, 5.41) is 1.84. The lowest BCUT2D eigenvalue weighted by atomic mass is 10.3. The molecule has 1 aromatic heterocycles. The van der Waals surface area contributed by atoms with E-state index < -0.39 is 0 Å². The van der Waals surface area contributed by atoms with Crippen LogP contribution in [0.4, 0.5) is 0 Å². The van der Waals surface area contributed by atoms with Crippen molar-refractivity contribution in [3.8, 4) is 0 Å². The van der Waals surface area contributed by atoms with Crippen LogP contribution in [0.2, 0.25) is 4.34 Å². The van der Waals surface area contributed by atoms with Crippen LogP contribution >= 0.6 is 38.9 Å². The molecule has 0 bridgehead atoms. The third kappa shape index (κ3) is 2.93. The number of nitrogens with zero attached hydrogens (tertiary/aromatic N) is 1. The average molecular weight is 253 g/mol. The zero-order valence-electron chi connectivity index (χ0n) is 5.97. The summed E-state index contributed by atoms with van der Waals surface area (Å²) >= 11 is 10.5. The van der Waals surface area contributed by atoms with E-state index in [1.807, 2.05) is 13.0 Å². The summed E-state index contributed by atoms with van der Waals surface area (Å²) in [6.07, 6.45) is 3.69. The molecule has 11 heavy (non-hydrogen) atoms. The molecule has 0 spiro atoms. The Kier molecular flexibility index (Phi) is 3.55. The lowest BCUT2D eigenvalue weighted by Crippen LogP contribution is -1.74. The van der Waals surface area contributed by atoms with Crippen LogP contribution in [0.5, 0.6) is 0 Å². The van der Waals surface area contributed by atoms with E-state index >= 15 is 0 Å². The molecule has 60 valence electrons. The minimum Gasteiger partial charge on any atom is -0.244 e. The van der Waals surface area contributed by atoms with Gasteiger partial charge < -0.3 is 0 Å². The van der Waals surface area contributed by atoms with Crippen LogP contribution in [0, 0.1) is 0 Å². The summed E-state index contributed by atoms with van der Waals surface area (Å²) in [5.41, 5.74) is 1.25. The number of allylic oxidation sites excluding steroid dienone is 1. The van der Waals surface area contributed by atoms with Crippen molar-refractivity contribution < 1.29 is 0 Å². The summed E-state index contributed by atoms with van der Waals surface area (Å²) in [6.45, 7) is 2.05. The molecule has 0 saturated heterocycles. The second-order valence-corrected chi connectivity index (χ2v) is 4.38. The van der Waals surface area contributed by atoms with Crippen LogP contribution in [0.1, 0.15) is 11.9 Å². The lowest BCUT2D eigenvalue weighted by molar-refractivity contribution is 1.37. The molecule has 1 aromatic rings. The Balaban J connectivity index is 2.78. The normalized spacial score (nSPS) is 12.1. The third-order valence-corrected chi connectivity index (χ3v) is 3.02. The van der Waals surface area contributed by atoms with E-state index in [4.69, 9.17) is 11.6 Å². The third-order valence-electron chi connectivity index (χ3n) is 1.08. The largest absolute Gasteiger partial charge is 0.244 e. The van der Waals surface area contributed by atoms with E-state index in [1.165, 1.54) is 16.9 Å². The topological polar surface area (TPSA) is 12.9 Å². The summed E-state index contributed by atoms with van der Waals surface area (Å²) < 4.78 is 0.735. The number of hydrogen-bond donors (Lipinski definition) is 0. The van der Waals surface area contributed by atoms with E-state index in [9.17, 15) is 0 Å². The van der Waals surface area contributed by atoms with Gasteiger partial charge in [0.05, 0.1) is 6.20 Å². The quantitative estimate of drug-likeness (QED) is 0.733. The van der Waals surface area contributed by atoms with E-state index in [-0.39, 0.29) is 0 Å². The van der Waals surface area contributed by atoms with Gasteiger partial charge in [-0.25, -0.2) is 4.98 Å². The highest BCUT2D eigenvalue weighted by Crippen LogP contribution is 2.20. The molecule has 0 amide bonds. The van der Waals surface area contributed by atoms with Crippen LogP contribution < -0.4 is 0 Å².